The highest BCUT2D eigenvalue weighted by Gasteiger charge is 2.33. The van der Waals surface area contributed by atoms with Gasteiger partial charge in [0.05, 0.1) is 5.03 Å². The molecule has 0 bridgehead atoms. The molecule has 0 aliphatic carbocycles. The fraction of sp³-hybridized carbons (Fsp3) is 0.312. The third kappa shape index (κ3) is 3.92. The lowest BCUT2D eigenvalue weighted by Crippen LogP contribution is -2.08. The number of rotatable bonds is 5. The Labute approximate surface area is 151 Å². The van der Waals surface area contributed by atoms with Gasteiger partial charge in [-0.15, -0.1) is 23.5 Å². The molecule has 0 aliphatic rings. The first-order valence-electron chi connectivity index (χ1n) is 7.61. The molecule has 0 atom stereocenters. The zero-order valence-electron chi connectivity index (χ0n) is 13.5. The lowest BCUT2D eigenvalue weighted by molar-refractivity contribution is -0.141. The SMILES string of the molecule is CCSc1ccc(SCC)c(-c2cn3cnc(C(F)(F)F)cc3n2)n1. The van der Waals surface area contributed by atoms with Crippen molar-refractivity contribution >= 4 is 29.2 Å². The zero-order valence-corrected chi connectivity index (χ0v) is 15.2. The summed E-state index contributed by atoms with van der Waals surface area (Å²) in [5, 5.41) is 0.865. The van der Waals surface area contributed by atoms with Crippen molar-refractivity contribution in [3.63, 3.8) is 0 Å². The Hall–Kier alpha value is -1.74. The maximum absolute atomic E-state index is 12.8. The smallest absolute Gasteiger partial charge is 0.290 e. The molecule has 3 aromatic heterocycles. The number of fused-ring (bicyclic) bond motifs is 1. The van der Waals surface area contributed by atoms with Crippen molar-refractivity contribution in [2.45, 2.75) is 29.9 Å². The predicted octanol–water partition coefficient (Wildman–Crippen LogP) is 5.03. The van der Waals surface area contributed by atoms with E-state index in [0.29, 0.717) is 11.4 Å². The Morgan fingerprint density at radius 1 is 1.08 bits per heavy atom. The van der Waals surface area contributed by atoms with Gasteiger partial charge in [0.2, 0.25) is 0 Å². The van der Waals surface area contributed by atoms with Gasteiger partial charge < -0.3 is 0 Å². The maximum atomic E-state index is 12.8. The molecule has 9 heteroatoms. The van der Waals surface area contributed by atoms with Crippen LogP contribution < -0.4 is 0 Å². The summed E-state index contributed by atoms with van der Waals surface area (Å²) in [7, 11) is 0. The quantitative estimate of drug-likeness (QED) is 0.577. The molecular weight excluding hydrogens is 369 g/mol. The lowest BCUT2D eigenvalue weighted by Gasteiger charge is -2.07. The summed E-state index contributed by atoms with van der Waals surface area (Å²) in [5.74, 6) is 1.75. The monoisotopic (exact) mass is 384 g/mol. The molecule has 0 saturated heterocycles. The van der Waals surface area contributed by atoms with E-state index in [1.807, 2.05) is 26.0 Å². The first-order chi connectivity index (χ1) is 11.9. The van der Waals surface area contributed by atoms with Crippen LogP contribution in [0.4, 0.5) is 13.2 Å². The van der Waals surface area contributed by atoms with Gasteiger partial charge >= 0.3 is 6.18 Å². The van der Waals surface area contributed by atoms with Gasteiger partial charge in [-0.25, -0.2) is 15.0 Å². The standard InChI is InChI=1S/C16H15F3N4S2/c1-3-24-11-5-6-14(25-4-2)22-15(11)10-8-23-9-20-12(16(17,18)19)7-13(23)21-10/h5-9H,3-4H2,1-2H3. The Morgan fingerprint density at radius 3 is 2.52 bits per heavy atom. The molecule has 3 rings (SSSR count). The lowest BCUT2D eigenvalue weighted by atomic mass is 10.3. The second-order valence-corrected chi connectivity index (χ2v) is 7.62. The molecule has 0 saturated carbocycles. The van der Waals surface area contributed by atoms with Crippen LogP contribution in [0.15, 0.2) is 40.6 Å². The molecule has 3 aromatic rings. The van der Waals surface area contributed by atoms with E-state index >= 15 is 0 Å². The van der Waals surface area contributed by atoms with Crippen LogP contribution in [0.3, 0.4) is 0 Å². The van der Waals surface area contributed by atoms with Crippen molar-refractivity contribution in [2.24, 2.45) is 0 Å². The van der Waals surface area contributed by atoms with Crippen molar-refractivity contribution in [2.75, 3.05) is 11.5 Å². The van der Waals surface area contributed by atoms with Gasteiger partial charge in [0.1, 0.15) is 29.1 Å². The molecule has 0 aliphatic heterocycles. The Bertz CT molecular complexity index is 893. The largest absolute Gasteiger partial charge is 0.433 e. The van der Waals surface area contributed by atoms with Gasteiger partial charge in [0, 0.05) is 17.2 Å². The molecule has 0 unspecified atom stereocenters. The van der Waals surface area contributed by atoms with Crippen molar-refractivity contribution < 1.29 is 13.2 Å². The van der Waals surface area contributed by atoms with Crippen LogP contribution in [0.2, 0.25) is 0 Å². The molecular formula is C16H15F3N4S2. The summed E-state index contributed by atoms with van der Waals surface area (Å²) in [6, 6.07) is 4.88. The highest BCUT2D eigenvalue weighted by Crippen LogP contribution is 2.33. The van der Waals surface area contributed by atoms with E-state index in [1.54, 1.807) is 29.7 Å². The minimum atomic E-state index is -4.49. The van der Waals surface area contributed by atoms with Gasteiger partial charge in [-0.2, -0.15) is 13.2 Å². The van der Waals surface area contributed by atoms with E-state index in [2.05, 4.69) is 15.0 Å². The van der Waals surface area contributed by atoms with Crippen LogP contribution in [0.1, 0.15) is 19.5 Å². The third-order valence-electron chi connectivity index (χ3n) is 3.31. The molecule has 0 aromatic carbocycles. The van der Waals surface area contributed by atoms with Gasteiger partial charge in [0.15, 0.2) is 0 Å². The second kappa shape index (κ2) is 7.25. The normalized spacial score (nSPS) is 12.0. The summed E-state index contributed by atoms with van der Waals surface area (Å²) >= 11 is 3.23. The average Bonchev–Trinajstić information content (AvgIpc) is 2.99. The van der Waals surface area contributed by atoms with Gasteiger partial charge in [-0.1, -0.05) is 13.8 Å². The van der Waals surface area contributed by atoms with Crippen LogP contribution in [0, 0.1) is 0 Å². The number of aromatic nitrogens is 4. The van der Waals surface area contributed by atoms with Crippen molar-refractivity contribution in [1.29, 1.82) is 0 Å². The van der Waals surface area contributed by atoms with Crippen LogP contribution in [0.25, 0.3) is 17.0 Å². The van der Waals surface area contributed by atoms with Gasteiger partial charge in [0.25, 0.3) is 0 Å². The minimum absolute atomic E-state index is 0.195. The molecule has 132 valence electrons. The topological polar surface area (TPSA) is 43.1 Å². The fourth-order valence-corrected chi connectivity index (χ4v) is 3.65. The van der Waals surface area contributed by atoms with E-state index in [9.17, 15) is 13.2 Å². The molecule has 0 radical (unpaired) electrons. The number of alkyl halides is 3. The summed E-state index contributed by atoms with van der Waals surface area (Å²) < 4.78 is 40.0. The molecule has 0 amide bonds. The van der Waals surface area contributed by atoms with E-state index in [0.717, 1.165) is 33.8 Å². The first-order valence-corrected chi connectivity index (χ1v) is 9.58. The summed E-state index contributed by atoms with van der Waals surface area (Å²) in [5.41, 5.74) is 0.460. The molecule has 0 fully saturated rings. The van der Waals surface area contributed by atoms with E-state index in [-0.39, 0.29) is 5.65 Å². The third-order valence-corrected chi connectivity index (χ3v) is 5.05. The molecule has 3 heterocycles. The second-order valence-electron chi connectivity index (χ2n) is 5.03. The number of hydrogen-bond donors (Lipinski definition) is 0. The van der Waals surface area contributed by atoms with Gasteiger partial charge in [-0.05, 0) is 23.6 Å². The molecule has 25 heavy (non-hydrogen) atoms. The number of thioether (sulfide) groups is 2. The van der Waals surface area contributed by atoms with Crippen molar-refractivity contribution in [1.82, 2.24) is 19.4 Å². The molecule has 0 N–H and O–H groups in total. The summed E-state index contributed by atoms with van der Waals surface area (Å²) in [6.45, 7) is 4.07. The van der Waals surface area contributed by atoms with Crippen LogP contribution in [-0.4, -0.2) is 30.9 Å². The van der Waals surface area contributed by atoms with Gasteiger partial charge in [-0.3, -0.25) is 4.40 Å². The molecule has 4 nitrogen and oxygen atoms in total. The van der Waals surface area contributed by atoms with E-state index in [1.165, 1.54) is 4.40 Å². The van der Waals surface area contributed by atoms with Crippen LogP contribution in [0.5, 0.6) is 0 Å². The predicted molar refractivity (Wildman–Crippen MR) is 94.0 cm³/mol. The number of pyridine rings is 1. The minimum Gasteiger partial charge on any atom is -0.290 e. The number of nitrogens with zero attached hydrogens (tertiary/aromatic N) is 4. The van der Waals surface area contributed by atoms with Crippen LogP contribution in [-0.2, 0) is 6.18 Å². The number of imidazole rings is 1. The van der Waals surface area contributed by atoms with Crippen molar-refractivity contribution in [3.05, 3.63) is 36.4 Å². The maximum Gasteiger partial charge on any atom is 0.433 e. The highest BCUT2D eigenvalue weighted by atomic mass is 32.2. The Kier molecular flexibility index (Phi) is 5.24. The number of hydrogen-bond acceptors (Lipinski definition) is 5. The van der Waals surface area contributed by atoms with E-state index < -0.39 is 11.9 Å². The Morgan fingerprint density at radius 2 is 1.84 bits per heavy atom. The summed E-state index contributed by atoms with van der Waals surface area (Å²) in [4.78, 5) is 13.4. The van der Waals surface area contributed by atoms with Crippen molar-refractivity contribution in [3.8, 4) is 11.4 Å². The molecule has 0 spiro atoms. The van der Waals surface area contributed by atoms with Crippen LogP contribution >= 0.6 is 23.5 Å². The highest BCUT2D eigenvalue weighted by molar-refractivity contribution is 7.99. The average molecular weight is 384 g/mol. The Balaban J connectivity index is 2.10. The first kappa shape index (κ1) is 18.1. The fourth-order valence-electron chi connectivity index (χ4n) is 2.27. The zero-order chi connectivity index (χ0) is 18.0. The summed E-state index contributed by atoms with van der Waals surface area (Å²) in [6.07, 6.45) is -1.70. The number of halogens is 3. The van der Waals surface area contributed by atoms with E-state index in [4.69, 9.17) is 0 Å².